The van der Waals surface area contributed by atoms with E-state index >= 15 is 0 Å². The predicted octanol–water partition coefficient (Wildman–Crippen LogP) is 6.50. The highest BCUT2D eigenvalue weighted by Crippen LogP contribution is 2.47. The highest BCUT2D eigenvalue weighted by Gasteiger charge is 2.40. The highest BCUT2D eigenvalue weighted by molar-refractivity contribution is 6.05. The molecular weight excluding hydrogens is 727 g/mol. The van der Waals surface area contributed by atoms with E-state index in [4.69, 9.17) is 0 Å². The summed E-state index contributed by atoms with van der Waals surface area (Å²) in [6, 6.07) is 37.2. The summed E-state index contributed by atoms with van der Waals surface area (Å²) in [7, 11) is 2.11. The van der Waals surface area contributed by atoms with Crippen molar-refractivity contribution in [1.29, 1.82) is 0 Å². The molecule has 10 rings (SSSR count). The molecule has 58 heavy (non-hydrogen) atoms. The van der Waals surface area contributed by atoms with Crippen LogP contribution >= 0.6 is 0 Å². The number of rotatable bonds is 7. The Morgan fingerprint density at radius 2 is 1.48 bits per heavy atom. The van der Waals surface area contributed by atoms with Gasteiger partial charge in [-0.3, -0.25) is 24.5 Å². The molecule has 4 amide bonds. The van der Waals surface area contributed by atoms with Gasteiger partial charge in [-0.15, -0.1) is 0 Å². The lowest BCUT2D eigenvalue weighted by molar-refractivity contribution is -0.136. The van der Waals surface area contributed by atoms with E-state index in [1.54, 1.807) is 4.90 Å². The molecule has 0 bridgehead atoms. The number of likely N-dealkylation sites (N-methyl/N-ethyl adjacent to an activating group) is 1. The minimum absolute atomic E-state index is 0.0507. The normalized spacial score (nSPS) is 21.3. The fourth-order valence-electron chi connectivity index (χ4n) is 9.93. The first kappa shape index (κ1) is 36.0. The number of piperidine rings is 1. The number of fused-ring (bicyclic) bond motifs is 3. The van der Waals surface area contributed by atoms with Crippen LogP contribution in [0.1, 0.15) is 90.8 Å². The van der Waals surface area contributed by atoms with Crippen LogP contribution < -0.4 is 15.1 Å². The van der Waals surface area contributed by atoms with E-state index < -0.39 is 11.9 Å². The van der Waals surface area contributed by atoms with Crippen LogP contribution in [0.2, 0.25) is 0 Å². The van der Waals surface area contributed by atoms with Crippen LogP contribution in [0.25, 0.3) is 0 Å². The van der Waals surface area contributed by atoms with Gasteiger partial charge in [0.2, 0.25) is 11.8 Å². The van der Waals surface area contributed by atoms with E-state index in [1.165, 1.54) is 27.9 Å². The number of anilines is 2. The summed E-state index contributed by atoms with van der Waals surface area (Å²) in [6.07, 6.45) is 2.54. The van der Waals surface area contributed by atoms with Crippen molar-refractivity contribution in [3.63, 3.8) is 0 Å². The molecule has 0 saturated carbocycles. The fourth-order valence-corrected chi connectivity index (χ4v) is 9.93. The number of amides is 4. The van der Waals surface area contributed by atoms with Crippen LogP contribution in [0.4, 0.5) is 11.4 Å². The maximum atomic E-state index is 13.7. The molecule has 2 saturated heterocycles. The number of carbonyl (C=O) groups excluding carboxylic acids is 4. The standard InChI is InChI=1S/C48H45N5O5/c1-50(38-27-51(28-38)37-14-7-30(8-15-37)45-40(29-5-3-2-4-6-29)17-11-32-22-39(54)16-18-41(32)45)36-12-9-31(10-13-36)47(57)52-24-33-21-35-26-53(43-19-20-44(55)49-46(43)56)48(58)42(35)23-34(33)25-52/h2-10,12-16,18,21-23,38,40,43,45,54H,11,17,19-20,24-28H2,1H3,(H,49,55,56)/t40-,43?,45+/m1/s1. The van der Waals surface area contributed by atoms with Gasteiger partial charge in [-0.1, -0.05) is 54.6 Å². The molecule has 10 nitrogen and oxygen atoms in total. The molecule has 2 N–H and O–H groups in total. The van der Waals surface area contributed by atoms with Crippen molar-refractivity contribution >= 4 is 35.0 Å². The monoisotopic (exact) mass is 771 g/mol. The molecule has 10 heteroatoms. The first-order chi connectivity index (χ1) is 28.2. The first-order valence-electron chi connectivity index (χ1n) is 20.3. The summed E-state index contributed by atoms with van der Waals surface area (Å²) in [6.45, 7) is 3.00. The second kappa shape index (κ2) is 14.2. The molecule has 292 valence electrons. The number of hydrogen-bond donors (Lipinski definition) is 2. The van der Waals surface area contributed by atoms with Crippen LogP contribution in [0.5, 0.6) is 5.75 Å². The summed E-state index contributed by atoms with van der Waals surface area (Å²) in [4.78, 5) is 59.2. The zero-order valence-electron chi connectivity index (χ0n) is 32.4. The third-order valence-corrected chi connectivity index (χ3v) is 13.2. The summed E-state index contributed by atoms with van der Waals surface area (Å²) < 4.78 is 0. The SMILES string of the molecule is CN(c1ccc(C(=O)N2Cc3cc4c(cc3C2)C(=O)N(C2CCC(=O)NC2=O)C4)cc1)C1CN(c2ccc([C@@H]3c4ccc(O)cc4CC[C@@H]3c3ccccc3)cc2)C1. The van der Waals surface area contributed by atoms with Crippen molar-refractivity contribution in [2.75, 3.05) is 29.9 Å². The summed E-state index contributed by atoms with van der Waals surface area (Å²) in [5, 5.41) is 12.6. The number of imide groups is 1. The Kier molecular flexibility index (Phi) is 8.80. The quantitative estimate of drug-likeness (QED) is 0.182. The maximum absolute atomic E-state index is 13.7. The molecule has 5 aromatic carbocycles. The molecule has 0 spiro atoms. The number of nitrogens with one attached hydrogen (secondary N) is 1. The number of aromatic hydroxyl groups is 1. The Hall–Kier alpha value is -6.42. The molecule has 4 heterocycles. The number of benzene rings is 5. The zero-order valence-corrected chi connectivity index (χ0v) is 32.4. The van der Waals surface area contributed by atoms with Gasteiger partial charge < -0.3 is 24.7 Å². The van der Waals surface area contributed by atoms with Crippen molar-refractivity contribution in [2.45, 2.75) is 69.2 Å². The van der Waals surface area contributed by atoms with Gasteiger partial charge in [0.05, 0.1) is 6.04 Å². The van der Waals surface area contributed by atoms with Crippen LogP contribution in [-0.4, -0.2) is 70.8 Å². The minimum atomic E-state index is -0.647. The van der Waals surface area contributed by atoms with Crippen molar-refractivity contribution in [1.82, 2.24) is 15.1 Å². The number of phenols is 1. The first-order valence-corrected chi connectivity index (χ1v) is 20.3. The second-order valence-electron chi connectivity index (χ2n) is 16.6. The lowest BCUT2D eigenvalue weighted by Gasteiger charge is -2.46. The second-order valence-corrected chi connectivity index (χ2v) is 16.6. The number of hydrogen-bond acceptors (Lipinski definition) is 7. The Labute approximate surface area is 337 Å². The molecule has 4 aliphatic heterocycles. The van der Waals surface area contributed by atoms with Crippen LogP contribution in [0.3, 0.4) is 0 Å². The van der Waals surface area contributed by atoms with E-state index in [-0.39, 0.29) is 30.1 Å². The summed E-state index contributed by atoms with van der Waals surface area (Å²) in [5.74, 6) is -0.0572. The maximum Gasteiger partial charge on any atom is 0.255 e. The van der Waals surface area contributed by atoms with Gasteiger partial charge in [0.15, 0.2) is 0 Å². The molecule has 5 aliphatic rings. The van der Waals surface area contributed by atoms with E-state index in [9.17, 15) is 24.3 Å². The molecule has 0 radical (unpaired) electrons. The average molecular weight is 772 g/mol. The molecule has 5 aromatic rings. The molecule has 2 fully saturated rings. The number of aryl methyl sites for hydroxylation is 1. The number of nitrogens with zero attached hydrogens (tertiary/aromatic N) is 4. The molecule has 0 aromatic heterocycles. The van der Waals surface area contributed by atoms with Gasteiger partial charge in [-0.05, 0) is 119 Å². The third-order valence-electron chi connectivity index (χ3n) is 13.2. The summed E-state index contributed by atoms with van der Waals surface area (Å²) >= 11 is 0. The van der Waals surface area contributed by atoms with Gasteiger partial charge in [0.25, 0.3) is 11.8 Å². The largest absolute Gasteiger partial charge is 0.508 e. The van der Waals surface area contributed by atoms with E-state index in [2.05, 4.69) is 82.8 Å². The van der Waals surface area contributed by atoms with Crippen molar-refractivity contribution < 1.29 is 24.3 Å². The molecule has 1 aliphatic carbocycles. The van der Waals surface area contributed by atoms with Crippen LogP contribution in [0, 0.1) is 0 Å². The van der Waals surface area contributed by atoms with E-state index in [0.717, 1.165) is 48.3 Å². The fraction of sp³-hybridized carbons (Fsp3) is 0.292. The van der Waals surface area contributed by atoms with Crippen molar-refractivity contribution in [3.8, 4) is 5.75 Å². The Morgan fingerprint density at radius 1 is 0.741 bits per heavy atom. The zero-order chi connectivity index (χ0) is 39.7. The number of phenolic OH excluding ortho intramolecular Hbond substituents is 1. The van der Waals surface area contributed by atoms with Crippen LogP contribution in [-0.2, 0) is 35.6 Å². The minimum Gasteiger partial charge on any atom is -0.508 e. The smallest absolute Gasteiger partial charge is 0.255 e. The van der Waals surface area contributed by atoms with Crippen molar-refractivity contribution in [3.05, 3.63) is 159 Å². The third kappa shape index (κ3) is 6.27. The topological polar surface area (TPSA) is 114 Å². The van der Waals surface area contributed by atoms with Gasteiger partial charge >= 0.3 is 0 Å². The van der Waals surface area contributed by atoms with Gasteiger partial charge in [-0.25, -0.2) is 0 Å². The lowest BCUT2D eigenvalue weighted by Crippen LogP contribution is -2.58. The van der Waals surface area contributed by atoms with Crippen LogP contribution in [0.15, 0.2) is 109 Å². The van der Waals surface area contributed by atoms with Crippen molar-refractivity contribution in [2.24, 2.45) is 0 Å². The predicted molar refractivity (Wildman–Crippen MR) is 221 cm³/mol. The number of carbonyl (C=O) groups is 4. The van der Waals surface area contributed by atoms with Gasteiger partial charge in [0, 0.05) is 74.6 Å². The van der Waals surface area contributed by atoms with Gasteiger partial charge in [-0.2, -0.15) is 0 Å². The van der Waals surface area contributed by atoms with E-state index in [0.29, 0.717) is 54.9 Å². The Bertz CT molecular complexity index is 2460. The Morgan fingerprint density at radius 3 is 2.22 bits per heavy atom. The molecular formula is C48H45N5O5. The lowest BCUT2D eigenvalue weighted by atomic mass is 9.69. The van der Waals surface area contributed by atoms with Gasteiger partial charge in [0.1, 0.15) is 11.8 Å². The highest BCUT2D eigenvalue weighted by atomic mass is 16.3. The average Bonchev–Trinajstić information content (AvgIpc) is 3.79. The molecule has 3 atom stereocenters. The molecule has 1 unspecified atom stereocenters. The summed E-state index contributed by atoms with van der Waals surface area (Å²) in [5.41, 5.74) is 11.5. The Balaban J connectivity index is 0.762. The van der Waals surface area contributed by atoms with E-state index in [1.807, 2.05) is 53.4 Å².